The highest BCUT2D eigenvalue weighted by Gasteiger charge is 2.47. The second-order valence-electron chi connectivity index (χ2n) is 4.33. The molecule has 1 rings (SSSR count). The first-order valence-electron chi connectivity index (χ1n) is 4.47. The van der Waals surface area contributed by atoms with E-state index in [1.54, 1.807) is 0 Å². The summed E-state index contributed by atoms with van der Waals surface area (Å²) in [6, 6.07) is 0. The standard InChI is InChI=1S/C8H9ClF3N3O2/c1-7(2,3)14-5(8(10,11)12)4(15(16)17)6(9)13-14/h1-3H3. The Balaban J connectivity index is 3.66. The average Bonchev–Trinajstić information content (AvgIpc) is 2.40. The molecule has 0 saturated carbocycles. The summed E-state index contributed by atoms with van der Waals surface area (Å²) in [5.74, 6) is 0. The molecule has 17 heavy (non-hydrogen) atoms. The van der Waals surface area contributed by atoms with Gasteiger partial charge in [-0.2, -0.15) is 18.3 Å². The maximum atomic E-state index is 12.8. The highest BCUT2D eigenvalue weighted by molar-refractivity contribution is 6.31. The highest BCUT2D eigenvalue weighted by atomic mass is 35.5. The molecule has 0 aliphatic carbocycles. The summed E-state index contributed by atoms with van der Waals surface area (Å²) in [5, 5.41) is 13.2. The Labute approximate surface area is 99.3 Å². The van der Waals surface area contributed by atoms with Crippen LogP contribution in [0.5, 0.6) is 0 Å². The summed E-state index contributed by atoms with van der Waals surface area (Å²) in [4.78, 5) is 9.42. The third-order valence-electron chi connectivity index (χ3n) is 1.91. The van der Waals surface area contributed by atoms with Gasteiger partial charge in [0.15, 0.2) is 0 Å². The summed E-state index contributed by atoms with van der Waals surface area (Å²) in [5.41, 5.74) is -3.72. The van der Waals surface area contributed by atoms with Crippen LogP contribution < -0.4 is 0 Å². The van der Waals surface area contributed by atoms with Gasteiger partial charge in [0.25, 0.3) is 0 Å². The maximum Gasteiger partial charge on any atom is 0.440 e. The molecule has 0 unspecified atom stereocenters. The number of alkyl halides is 3. The van der Waals surface area contributed by atoms with Gasteiger partial charge in [-0.1, -0.05) is 11.6 Å². The van der Waals surface area contributed by atoms with E-state index in [0.717, 1.165) is 0 Å². The molecule has 0 aromatic carbocycles. The Bertz CT molecular complexity index is 462. The minimum atomic E-state index is -4.89. The molecule has 0 saturated heterocycles. The first kappa shape index (κ1) is 13.8. The lowest BCUT2D eigenvalue weighted by Gasteiger charge is -2.22. The van der Waals surface area contributed by atoms with Crippen molar-refractivity contribution in [3.05, 3.63) is 21.0 Å². The van der Waals surface area contributed by atoms with Crippen molar-refractivity contribution in [1.29, 1.82) is 0 Å². The summed E-state index contributed by atoms with van der Waals surface area (Å²) in [6.45, 7) is 4.32. The van der Waals surface area contributed by atoms with Crippen molar-refractivity contribution in [3.63, 3.8) is 0 Å². The predicted molar refractivity (Wildman–Crippen MR) is 53.9 cm³/mol. The fraction of sp³-hybridized carbons (Fsp3) is 0.625. The molecule has 0 bridgehead atoms. The molecule has 0 N–H and O–H groups in total. The fourth-order valence-electron chi connectivity index (χ4n) is 1.28. The Morgan fingerprint density at radius 2 is 1.82 bits per heavy atom. The number of hydrogen-bond donors (Lipinski definition) is 0. The Kier molecular flexibility index (Phi) is 3.13. The minimum Gasteiger partial charge on any atom is -0.258 e. The van der Waals surface area contributed by atoms with Gasteiger partial charge in [-0.15, -0.1) is 0 Å². The van der Waals surface area contributed by atoms with Gasteiger partial charge in [-0.05, 0) is 20.8 Å². The van der Waals surface area contributed by atoms with E-state index in [0.29, 0.717) is 4.68 Å². The second kappa shape index (κ2) is 3.86. The van der Waals surface area contributed by atoms with E-state index in [2.05, 4.69) is 5.10 Å². The van der Waals surface area contributed by atoms with Gasteiger partial charge in [-0.25, -0.2) is 4.68 Å². The third-order valence-corrected chi connectivity index (χ3v) is 2.16. The summed E-state index contributed by atoms with van der Waals surface area (Å²) in [6.07, 6.45) is -4.89. The van der Waals surface area contributed by atoms with Gasteiger partial charge in [0, 0.05) is 0 Å². The van der Waals surface area contributed by atoms with Crippen LogP contribution in [0.1, 0.15) is 26.5 Å². The number of nitrogens with zero attached hydrogens (tertiary/aromatic N) is 3. The molecule has 0 spiro atoms. The third kappa shape index (κ3) is 2.51. The fourth-order valence-corrected chi connectivity index (χ4v) is 1.52. The molecule has 96 valence electrons. The van der Waals surface area contributed by atoms with Crippen molar-refractivity contribution in [2.24, 2.45) is 0 Å². The van der Waals surface area contributed by atoms with Crippen LogP contribution >= 0.6 is 11.6 Å². The Morgan fingerprint density at radius 3 is 2.12 bits per heavy atom. The van der Waals surface area contributed by atoms with Crippen LogP contribution in [0.25, 0.3) is 0 Å². The second-order valence-corrected chi connectivity index (χ2v) is 4.68. The molecule has 0 amide bonds. The van der Waals surface area contributed by atoms with Gasteiger partial charge in [-0.3, -0.25) is 10.1 Å². The number of rotatable bonds is 1. The zero-order valence-corrected chi connectivity index (χ0v) is 9.93. The molecule has 1 aromatic heterocycles. The number of halogens is 4. The van der Waals surface area contributed by atoms with Crippen LogP contribution in [0.4, 0.5) is 18.9 Å². The van der Waals surface area contributed by atoms with E-state index in [9.17, 15) is 23.3 Å². The molecule has 0 aliphatic heterocycles. The largest absolute Gasteiger partial charge is 0.440 e. The normalized spacial score (nSPS) is 12.9. The predicted octanol–water partition coefficient (Wildman–Crippen LogP) is 3.22. The minimum absolute atomic E-state index is 0.521. The van der Waals surface area contributed by atoms with Crippen molar-refractivity contribution >= 4 is 17.3 Å². The van der Waals surface area contributed by atoms with E-state index >= 15 is 0 Å². The van der Waals surface area contributed by atoms with E-state index in [1.807, 2.05) is 0 Å². The topological polar surface area (TPSA) is 61.0 Å². The van der Waals surface area contributed by atoms with E-state index in [4.69, 9.17) is 11.6 Å². The zero-order valence-electron chi connectivity index (χ0n) is 9.17. The van der Waals surface area contributed by atoms with Gasteiger partial charge in [0.2, 0.25) is 10.8 Å². The van der Waals surface area contributed by atoms with Crippen LogP contribution in [0, 0.1) is 10.1 Å². The van der Waals surface area contributed by atoms with E-state index in [-0.39, 0.29) is 0 Å². The van der Waals surface area contributed by atoms with Gasteiger partial charge < -0.3 is 0 Å². The molecule has 5 nitrogen and oxygen atoms in total. The molecular formula is C8H9ClF3N3O2. The van der Waals surface area contributed by atoms with Crippen molar-refractivity contribution in [3.8, 4) is 0 Å². The summed E-state index contributed by atoms with van der Waals surface area (Å²) < 4.78 is 38.9. The van der Waals surface area contributed by atoms with Gasteiger partial charge in [0.1, 0.15) is 0 Å². The van der Waals surface area contributed by atoms with Crippen LogP contribution in [0.2, 0.25) is 5.15 Å². The van der Waals surface area contributed by atoms with Crippen molar-refractivity contribution in [2.75, 3.05) is 0 Å². The highest BCUT2D eigenvalue weighted by Crippen LogP contribution is 2.41. The summed E-state index contributed by atoms with van der Waals surface area (Å²) >= 11 is 5.38. The molecule has 0 atom stereocenters. The monoisotopic (exact) mass is 271 g/mol. The lowest BCUT2D eigenvalue weighted by Crippen LogP contribution is -2.29. The first-order chi connectivity index (χ1) is 7.46. The zero-order chi connectivity index (χ0) is 13.6. The van der Waals surface area contributed by atoms with Crippen molar-refractivity contribution in [1.82, 2.24) is 9.78 Å². The molecule has 0 fully saturated rings. The number of nitro groups is 1. The molecular weight excluding hydrogens is 263 g/mol. The molecule has 0 radical (unpaired) electrons. The lowest BCUT2D eigenvalue weighted by molar-refractivity contribution is -0.388. The first-order valence-corrected chi connectivity index (χ1v) is 4.84. The number of aromatic nitrogens is 2. The summed E-state index contributed by atoms with van der Waals surface area (Å²) in [7, 11) is 0. The smallest absolute Gasteiger partial charge is 0.258 e. The van der Waals surface area contributed by atoms with Crippen LogP contribution in [0.3, 0.4) is 0 Å². The van der Waals surface area contributed by atoms with Crippen molar-refractivity contribution < 1.29 is 18.1 Å². The molecule has 9 heteroatoms. The van der Waals surface area contributed by atoms with Crippen molar-refractivity contribution in [2.45, 2.75) is 32.5 Å². The molecule has 0 aliphatic rings. The maximum absolute atomic E-state index is 12.8. The van der Waals surface area contributed by atoms with Gasteiger partial charge >= 0.3 is 11.9 Å². The van der Waals surface area contributed by atoms with Gasteiger partial charge in [0.05, 0.1) is 10.5 Å². The van der Waals surface area contributed by atoms with Crippen LogP contribution in [-0.4, -0.2) is 14.7 Å². The van der Waals surface area contributed by atoms with E-state index in [1.165, 1.54) is 20.8 Å². The van der Waals surface area contributed by atoms with Crippen LogP contribution in [-0.2, 0) is 11.7 Å². The SMILES string of the molecule is CC(C)(C)n1nc(Cl)c([N+](=O)[O-])c1C(F)(F)F. The lowest BCUT2D eigenvalue weighted by atomic mass is 10.1. The average molecular weight is 272 g/mol. The van der Waals surface area contributed by atoms with Crippen LogP contribution in [0.15, 0.2) is 0 Å². The Morgan fingerprint density at radius 1 is 1.35 bits per heavy atom. The Hall–Kier alpha value is -1.31. The molecule has 1 aromatic rings. The van der Waals surface area contributed by atoms with E-state index < -0.39 is 33.2 Å². The quantitative estimate of drug-likeness (QED) is 0.582. The molecule has 1 heterocycles. The number of hydrogen-bond acceptors (Lipinski definition) is 3.